The predicted octanol–water partition coefficient (Wildman–Crippen LogP) is 5.25. The highest BCUT2D eigenvalue weighted by atomic mass is 32.2. The van der Waals surface area contributed by atoms with Crippen molar-refractivity contribution < 1.29 is 17.3 Å². The van der Waals surface area contributed by atoms with Crippen LogP contribution in [-0.2, 0) is 24.2 Å². The van der Waals surface area contributed by atoms with Crippen molar-refractivity contribution >= 4 is 23.1 Å². The molecule has 0 bridgehead atoms. The number of benzene rings is 2. The third-order valence-corrected chi connectivity index (χ3v) is 6.20. The Labute approximate surface area is 169 Å². The molecule has 148 valence electrons. The van der Waals surface area contributed by atoms with Crippen molar-refractivity contribution in [1.82, 2.24) is 0 Å². The number of ether oxygens (including phenoxy) is 1. The van der Waals surface area contributed by atoms with Gasteiger partial charge < -0.3 is 8.92 Å². The zero-order valence-corrected chi connectivity index (χ0v) is 18.0. The summed E-state index contributed by atoms with van der Waals surface area (Å²) >= 11 is -0.0815. The molecule has 0 aliphatic carbocycles. The van der Waals surface area contributed by atoms with Gasteiger partial charge in [-0.25, -0.2) is 4.21 Å². The van der Waals surface area contributed by atoms with Crippen LogP contribution in [0.2, 0.25) is 0 Å². The van der Waals surface area contributed by atoms with E-state index in [9.17, 15) is 4.21 Å². The summed E-state index contributed by atoms with van der Waals surface area (Å²) in [7, 11) is 1.68. The van der Waals surface area contributed by atoms with Crippen LogP contribution in [0.25, 0.3) is 0 Å². The molecule has 0 saturated carbocycles. The standard InChI is InChI=1S/C21H28O4S2/c1-17-5-9-19(10-6-17)26-24-15-13-21(3,23-4)14-16-25-27(22)20-11-7-18(2)8-12-20/h5-12H,13-16H2,1-4H3. The molecule has 0 radical (unpaired) electrons. The Balaban J connectivity index is 1.71. The fraction of sp³-hybridized carbons (Fsp3) is 0.429. The van der Waals surface area contributed by atoms with E-state index in [1.165, 1.54) is 17.6 Å². The van der Waals surface area contributed by atoms with Gasteiger partial charge in [0.2, 0.25) is 0 Å². The van der Waals surface area contributed by atoms with Crippen molar-refractivity contribution in [2.45, 2.75) is 49.0 Å². The molecule has 0 aromatic heterocycles. The van der Waals surface area contributed by atoms with Gasteiger partial charge in [0.1, 0.15) is 0 Å². The summed E-state index contributed by atoms with van der Waals surface area (Å²) in [4.78, 5) is 1.76. The topological polar surface area (TPSA) is 44.8 Å². The molecule has 0 spiro atoms. The second-order valence-corrected chi connectivity index (χ2v) is 8.79. The van der Waals surface area contributed by atoms with Crippen LogP contribution in [0.15, 0.2) is 58.3 Å². The molecule has 2 atom stereocenters. The summed E-state index contributed by atoms with van der Waals surface area (Å²) < 4.78 is 29.0. The molecule has 0 N–H and O–H groups in total. The summed E-state index contributed by atoms with van der Waals surface area (Å²) in [5.41, 5.74) is 1.98. The van der Waals surface area contributed by atoms with E-state index in [2.05, 4.69) is 19.1 Å². The monoisotopic (exact) mass is 408 g/mol. The molecule has 2 aromatic carbocycles. The van der Waals surface area contributed by atoms with Gasteiger partial charge in [-0.15, -0.1) is 0 Å². The van der Waals surface area contributed by atoms with E-state index in [0.29, 0.717) is 24.5 Å². The van der Waals surface area contributed by atoms with Gasteiger partial charge in [0.15, 0.2) is 11.1 Å². The van der Waals surface area contributed by atoms with Crippen LogP contribution >= 0.6 is 12.0 Å². The molecule has 27 heavy (non-hydrogen) atoms. The quantitative estimate of drug-likeness (QED) is 0.375. The zero-order valence-electron chi connectivity index (χ0n) is 16.4. The highest BCUT2D eigenvalue weighted by Gasteiger charge is 2.24. The van der Waals surface area contributed by atoms with E-state index >= 15 is 0 Å². The molecule has 2 aromatic rings. The van der Waals surface area contributed by atoms with Gasteiger partial charge in [-0.05, 0) is 45.0 Å². The normalized spacial score (nSPS) is 14.7. The van der Waals surface area contributed by atoms with Gasteiger partial charge in [0.05, 0.1) is 23.7 Å². The Kier molecular flexibility index (Phi) is 8.99. The molecule has 0 amide bonds. The minimum absolute atomic E-state index is 0.357. The van der Waals surface area contributed by atoms with E-state index < -0.39 is 11.1 Å². The lowest BCUT2D eigenvalue weighted by molar-refractivity contribution is -0.0230. The Morgan fingerprint density at radius 2 is 1.48 bits per heavy atom. The van der Waals surface area contributed by atoms with Gasteiger partial charge in [-0.2, -0.15) is 0 Å². The molecule has 0 heterocycles. The molecular weight excluding hydrogens is 380 g/mol. The lowest BCUT2D eigenvalue weighted by Crippen LogP contribution is -2.30. The highest BCUT2D eigenvalue weighted by molar-refractivity contribution is 7.94. The van der Waals surface area contributed by atoms with Crippen LogP contribution in [0.4, 0.5) is 0 Å². The predicted molar refractivity (Wildman–Crippen MR) is 111 cm³/mol. The van der Waals surface area contributed by atoms with Crippen molar-refractivity contribution in [3.05, 3.63) is 59.7 Å². The smallest absolute Gasteiger partial charge is 0.189 e. The van der Waals surface area contributed by atoms with Crippen LogP contribution in [0.5, 0.6) is 0 Å². The summed E-state index contributed by atoms with van der Waals surface area (Å²) in [5, 5.41) is 0. The second-order valence-electron chi connectivity index (χ2n) is 6.74. The van der Waals surface area contributed by atoms with Gasteiger partial charge in [0.25, 0.3) is 0 Å². The van der Waals surface area contributed by atoms with Crippen LogP contribution in [0.1, 0.15) is 30.9 Å². The third kappa shape index (κ3) is 7.76. The Morgan fingerprint density at radius 1 is 0.926 bits per heavy atom. The number of rotatable bonds is 11. The Bertz CT molecular complexity index is 716. The lowest BCUT2D eigenvalue weighted by Gasteiger charge is -2.27. The maximum absolute atomic E-state index is 12.2. The van der Waals surface area contributed by atoms with Crippen molar-refractivity contribution in [3.63, 3.8) is 0 Å². The summed E-state index contributed by atoms with van der Waals surface area (Å²) in [6.07, 6.45) is 1.36. The molecule has 2 unspecified atom stereocenters. The number of hydrogen-bond donors (Lipinski definition) is 0. The van der Waals surface area contributed by atoms with Crippen molar-refractivity contribution in [3.8, 4) is 0 Å². The SMILES string of the molecule is COC(C)(CCOSc1ccc(C)cc1)CCOS(=O)c1ccc(C)cc1. The third-order valence-electron chi connectivity index (χ3n) is 4.42. The van der Waals surface area contributed by atoms with E-state index in [-0.39, 0.29) is 5.60 Å². The average molecular weight is 409 g/mol. The fourth-order valence-corrected chi connectivity index (χ4v) is 3.62. The fourth-order valence-electron chi connectivity index (χ4n) is 2.34. The van der Waals surface area contributed by atoms with Crippen molar-refractivity contribution in [2.24, 2.45) is 0 Å². The first kappa shape index (κ1) is 22.1. The molecular formula is C21H28O4S2. The number of aryl methyl sites for hydroxylation is 2. The molecule has 0 fully saturated rings. The average Bonchev–Trinajstić information content (AvgIpc) is 2.67. The largest absolute Gasteiger partial charge is 0.378 e. The molecule has 0 saturated heterocycles. The van der Waals surface area contributed by atoms with Crippen molar-refractivity contribution in [2.75, 3.05) is 20.3 Å². The molecule has 4 nitrogen and oxygen atoms in total. The molecule has 0 aliphatic heterocycles. The van der Waals surface area contributed by atoms with Crippen molar-refractivity contribution in [1.29, 1.82) is 0 Å². The molecule has 0 aliphatic rings. The maximum atomic E-state index is 12.2. The van der Waals surface area contributed by atoms with Gasteiger partial charge in [-0.3, -0.25) is 4.18 Å². The Morgan fingerprint density at radius 3 is 2.07 bits per heavy atom. The molecule has 2 rings (SSSR count). The number of methoxy groups -OCH3 is 1. The van der Waals surface area contributed by atoms with E-state index in [4.69, 9.17) is 13.1 Å². The summed E-state index contributed by atoms with van der Waals surface area (Å²) in [6.45, 7) is 6.99. The highest BCUT2D eigenvalue weighted by Crippen LogP contribution is 2.24. The maximum Gasteiger partial charge on any atom is 0.189 e. The van der Waals surface area contributed by atoms with Gasteiger partial charge in [0, 0.05) is 36.9 Å². The van der Waals surface area contributed by atoms with Crippen LogP contribution < -0.4 is 0 Å². The minimum Gasteiger partial charge on any atom is -0.378 e. The van der Waals surface area contributed by atoms with Crippen LogP contribution in [0.3, 0.4) is 0 Å². The first-order chi connectivity index (χ1) is 12.9. The lowest BCUT2D eigenvalue weighted by atomic mass is 9.99. The van der Waals surface area contributed by atoms with Gasteiger partial charge in [-0.1, -0.05) is 35.4 Å². The molecule has 6 heteroatoms. The second kappa shape index (κ2) is 11.0. The summed E-state index contributed by atoms with van der Waals surface area (Å²) in [5.74, 6) is 0. The first-order valence-corrected chi connectivity index (χ1v) is 10.8. The minimum atomic E-state index is -1.45. The van der Waals surface area contributed by atoms with E-state index in [0.717, 1.165) is 16.9 Å². The first-order valence-electron chi connectivity index (χ1n) is 8.95. The summed E-state index contributed by atoms with van der Waals surface area (Å²) in [6, 6.07) is 15.7. The Hall–Kier alpha value is -1.18. The number of hydrogen-bond acceptors (Lipinski definition) is 5. The van der Waals surface area contributed by atoms with Crippen LogP contribution in [-0.4, -0.2) is 30.1 Å². The van der Waals surface area contributed by atoms with Crippen LogP contribution in [0, 0.1) is 13.8 Å². The zero-order chi connectivity index (χ0) is 19.7. The van der Waals surface area contributed by atoms with E-state index in [1.807, 2.05) is 50.2 Å². The van der Waals surface area contributed by atoms with Gasteiger partial charge >= 0.3 is 0 Å². The van der Waals surface area contributed by atoms with E-state index in [1.54, 1.807) is 7.11 Å².